The molecule has 2 heterocycles. The fourth-order valence-electron chi connectivity index (χ4n) is 2.82. The van der Waals surface area contributed by atoms with Crippen LogP contribution in [0.15, 0.2) is 29.6 Å². The quantitative estimate of drug-likeness (QED) is 0.906. The number of thiazole rings is 1. The van der Waals surface area contributed by atoms with E-state index in [-0.39, 0.29) is 23.2 Å². The van der Waals surface area contributed by atoms with E-state index >= 15 is 0 Å². The summed E-state index contributed by atoms with van der Waals surface area (Å²) in [6, 6.07) is 6.29. The normalized spacial score (nSPS) is 18.7. The number of halogens is 1. The van der Waals surface area contributed by atoms with Crippen LogP contribution in [-0.2, 0) is 5.41 Å². The number of carbonyl (C=O) groups excluding carboxylic acids is 1. The van der Waals surface area contributed by atoms with E-state index in [1.165, 1.54) is 23.5 Å². The van der Waals surface area contributed by atoms with Gasteiger partial charge in [-0.25, -0.2) is 9.37 Å². The minimum atomic E-state index is -0.283. The maximum Gasteiger partial charge on any atom is 0.273 e. The molecule has 1 amide bonds. The van der Waals surface area contributed by atoms with Gasteiger partial charge in [-0.1, -0.05) is 32.9 Å². The third-order valence-corrected chi connectivity index (χ3v) is 5.37. The number of benzene rings is 1. The Kier molecular flexibility index (Phi) is 4.69. The Morgan fingerprint density at radius 3 is 2.88 bits per heavy atom. The van der Waals surface area contributed by atoms with Gasteiger partial charge in [-0.3, -0.25) is 4.79 Å². The van der Waals surface area contributed by atoms with Crippen LogP contribution in [0.3, 0.4) is 0 Å². The van der Waals surface area contributed by atoms with Crippen LogP contribution < -0.4 is 5.32 Å². The van der Waals surface area contributed by atoms with Crippen molar-refractivity contribution in [3.05, 3.63) is 51.7 Å². The molecule has 0 bridgehead atoms. The van der Waals surface area contributed by atoms with Gasteiger partial charge in [0.1, 0.15) is 11.5 Å². The second-order valence-electron chi connectivity index (χ2n) is 7.06. The number of aromatic nitrogens is 1. The molecular formula is C18H22FN3OS. The monoisotopic (exact) mass is 347 g/mol. The molecule has 128 valence electrons. The highest BCUT2D eigenvalue weighted by atomic mass is 32.1. The van der Waals surface area contributed by atoms with Crippen molar-refractivity contribution in [1.29, 1.82) is 0 Å². The zero-order valence-corrected chi connectivity index (χ0v) is 15.0. The first-order valence-corrected chi connectivity index (χ1v) is 8.97. The van der Waals surface area contributed by atoms with E-state index in [9.17, 15) is 9.18 Å². The number of nitrogens with one attached hydrogen (secondary N) is 1. The summed E-state index contributed by atoms with van der Waals surface area (Å²) in [6.07, 6.45) is 0. The lowest BCUT2D eigenvalue weighted by molar-refractivity contribution is 0.0628. The van der Waals surface area contributed by atoms with Crippen LogP contribution in [0.25, 0.3) is 0 Å². The van der Waals surface area contributed by atoms with E-state index in [1.807, 2.05) is 11.4 Å². The summed E-state index contributed by atoms with van der Waals surface area (Å²) in [4.78, 5) is 19.3. The molecule has 1 fully saturated rings. The predicted octanol–water partition coefficient (Wildman–Crippen LogP) is 3.37. The van der Waals surface area contributed by atoms with E-state index in [0.717, 1.165) is 17.1 Å². The van der Waals surface area contributed by atoms with Gasteiger partial charge in [0.25, 0.3) is 5.91 Å². The number of rotatable bonds is 2. The number of nitrogens with zero attached hydrogens (tertiary/aromatic N) is 2. The highest BCUT2D eigenvalue weighted by molar-refractivity contribution is 7.10. The molecule has 1 aliphatic rings. The molecule has 0 aliphatic carbocycles. The molecule has 2 aromatic rings. The third-order valence-electron chi connectivity index (χ3n) is 4.10. The molecule has 0 spiro atoms. The van der Waals surface area contributed by atoms with Crippen LogP contribution in [0, 0.1) is 5.82 Å². The van der Waals surface area contributed by atoms with E-state index in [2.05, 4.69) is 31.1 Å². The average molecular weight is 347 g/mol. The highest BCUT2D eigenvalue weighted by Gasteiger charge is 2.31. The third kappa shape index (κ3) is 3.49. The molecule has 3 rings (SSSR count). The van der Waals surface area contributed by atoms with Gasteiger partial charge in [-0.15, -0.1) is 11.3 Å². The van der Waals surface area contributed by atoms with Gasteiger partial charge in [0, 0.05) is 30.4 Å². The first-order valence-electron chi connectivity index (χ1n) is 8.09. The van der Waals surface area contributed by atoms with Gasteiger partial charge in [0.2, 0.25) is 0 Å². The maximum absolute atomic E-state index is 13.6. The molecule has 24 heavy (non-hydrogen) atoms. The van der Waals surface area contributed by atoms with Crippen molar-refractivity contribution in [2.45, 2.75) is 32.2 Å². The van der Waals surface area contributed by atoms with Crippen molar-refractivity contribution in [1.82, 2.24) is 15.2 Å². The smallest absolute Gasteiger partial charge is 0.273 e. The summed E-state index contributed by atoms with van der Waals surface area (Å²) in [5.41, 5.74) is 1.21. The molecule has 6 heteroatoms. The molecule has 0 saturated carbocycles. The molecule has 1 N–H and O–H groups in total. The van der Waals surface area contributed by atoms with Gasteiger partial charge < -0.3 is 10.2 Å². The lowest BCUT2D eigenvalue weighted by Gasteiger charge is -2.36. The summed E-state index contributed by atoms with van der Waals surface area (Å²) in [7, 11) is 0. The lowest BCUT2D eigenvalue weighted by atomic mass is 9.98. The van der Waals surface area contributed by atoms with Crippen LogP contribution >= 0.6 is 11.3 Å². The largest absolute Gasteiger partial charge is 0.328 e. The second kappa shape index (κ2) is 6.61. The highest BCUT2D eigenvalue weighted by Crippen LogP contribution is 2.28. The number of piperazine rings is 1. The summed E-state index contributed by atoms with van der Waals surface area (Å²) in [5, 5.41) is 6.06. The number of carbonyl (C=O) groups is 1. The van der Waals surface area contributed by atoms with E-state index < -0.39 is 0 Å². The molecule has 1 atom stereocenters. The minimum Gasteiger partial charge on any atom is -0.328 e. The summed E-state index contributed by atoms with van der Waals surface area (Å²) >= 11 is 1.51. The Morgan fingerprint density at radius 1 is 1.42 bits per heavy atom. The molecule has 1 aromatic heterocycles. The van der Waals surface area contributed by atoms with Crippen LogP contribution in [0.2, 0.25) is 0 Å². The van der Waals surface area contributed by atoms with Gasteiger partial charge in [-0.05, 0) is 17.7 Å². The number of amides is 1. The average Bonchev–Trinajstić information content (AvgIpc) is 3.04. The first-order chi connectivity index (χ1) is 11.4. The van der Waals surface area contributed by atoms with E-state index in [1.54, 1.807) is 11.0 Å². The standard InChI is InChI=1S/C18H22FN3OS/c1-18(2,3)17-21-14(11-24-17)16(23)22-8-7-20-10-15(22)12-5-4-6-13(19)9-12/h4-6,9,11,15,20H,7-8,10H2,1-3H3. The molecule has 1 aromatic carbocycles. The van der Waals surface area contributed by atoms with Crippen molar-refractivity contribution in [2.75, 3.05) is 19.6 Å². The van der Waals surface area contributed by atoms with Crippen LogP contribution in [-0.4, -0.2) is 35.4 Å². The van der Waals surface area contributed by atoms with Gasteiger partial charge >= 0.3 is 0 Å². The Labute approximate surface area is 145 Å². The van der Waals surface area contributed by atoms with Crippen molar-refractivity contribution in [3.8, 4) is 0 Å². The predicted molar refractivity (Wildman–Crippen MR) is 93.9 cm³/mol. The summed E-state index contributed by atoms with van der Waals surface area (Å²) in [5.74, 6) is -0.369. The van der Waals surface area contributed by atoms with Gasteiger partial charge in [-0.2, -0.15) is 0 Å². The topological polar surface area (TPSA) is 45.2 Å². The van der Waals surface area contributed by atoms with Crippen molar-refractivity contribution in [2.24, 2.45) is 0 Å². The van der Waals surface area contributed by atoms with Crippen molar-refractivity contribution < 1.29 is 9.18 Å². The molecule has 1 unspecified atom stereocenters. The Morgan fingerprint density at radius 2 is 2.21 bits per heavy atom. The lowest BCUT2D eigenvalue weighted by Crippen LogP contribution is -2.48. The SMILES string of the molecule is CC(C)(C)c1nc(C(=O)N2CCNCC2c2cccc(F)c2)cs1. The number of hydrogen-bond acceptors (Lipinski definition) is 4. The van der Waals surface area contributed by atoms with Crippen molar-refractivity contribution >= 4 is 17.2 Å². The number of hydrogen-bond donors (Lipinski definition) is 1. The Bertz CT molecular complexity index is 738. The van der Waals surface area contributed by atoms with E-state index in [0.29, 0.717) is 18.8 Å². The van der Waals surface area contributed by atoms with Crippen LogP contribution in [0.4, 0.5) is 4.39 Å². The zero-order chi connectivity index (χ0) is 17.3. The molecule has 1 saturated heterocycles. The van der Waals surface area contributed by atoms with E-state index in [4.69, 9.17) is 0 Å². The van der Waals surface area contributed by atoms with Crippen LogP contribution in [0.1, 0.15) is 47.9 Å². The van der Waals surface area contributed by atoms with Gasteiger partial charge in [0.05, 0.1) is 11.0 Å². The molecule has 0 radical (unpaired) electrons. The fraction of sp³-hybridized carbons (Fsp3) is 0.444. The first kappa shape index (κ1) is 17.0. The van der Waals surface area contributed by atoms with Crippen molar-refractivity contribution in [3.63, 3.8) is 0 Å². The molecule has 1 aliphatic heterocycles. The van der Waals surface area contributed by atoms with Crippen LogP contribution in [0.5, 0.6) is 0 Å². The Hall–Kier alpha value is -1.79. The second-order valence-corrected chi connectivity index (χ2v) is 7.92. The Balaban J connectivity index is 1.87. The maximum atomic E-state index is 13.6. The summed E-state index contributed by atoms with van der Waals surface area (Å²) < 4.78 is 13.6. The van der Waals surface area contributed by atoms with Gasteiger partial charge in [0.15, 0.2) is 0 Å². The molecule has 4 nitrogen and oxygen atoms in total. The fourth-order valence-corrected chi connectivity index (χ4v) is 3.70. The summed E-state index contributed by atoms with van der Waals surface area (Å²) in [6.45, 7) is 8.18. The minimum absolute atomic E-state index is 0.0748. The molecular weight excluding hydrogens is 325 g/mol. The zero-order valence-electron chi connectivity index (χ0n) is 14.2.